The van der Waals surface area contributed by atoms with Crippen molar-refractivity contribution in [3.8, 4) is 17.2 Å². The van der Waals surface area contributed by atoms with Crippen LogP contribution in [0.4, 0.5) is 18.9 Å². The van der Waals surface area contributed by atoms with Crippen LogP contribution in [-0.2, 0) is 16.1 Å². The fourth-order valence-corrected chi connectivity index (χ4v) is 4.42. The first-order valence-electron chi connectivity index (χ1n) is 11.7. The maximum atomic E-state index is 13.0. The third-order valence-electron chi connectivity index (χ3n) is 6.30. The number of alkyl halides is 3. The van der Waals surface area contributed by atoms with Crippen LogP contribution in [0, 0.1) is 11.8 Å². The highest BCUT2D eigenvalue weighted by Crippen LogP contribution is 2.33. The largest absolute Gasteiger partial charge is 0.573 e. The number of carboxylic acid groups (broad SMARTS) is 1. The Morgan fingerprint density at radius 3 is 2.43 bits per heavy atom. The van der Waals surface area contributed by atoms with Gasteiger partial charge in [0.25, 0.3) is 5.91 Å². The van der Waals surface area contributed by atoms with E-state index in [1.54, 1.807) is 18.2 Å². The number of amides is 2. The number of fused-ring (bicyclic) bond motifs is 1. The molecule has 0 radical (unpaired) electrons. The first-order valence-corrected chi connectivity index (χ1v) is 11.7. The van der Waals surface area contributed by atoms with E-state index < -0.39 is 35.8 Å². The molecule has 1 heterocycles. The zero-order valence-electron chi connectivity index (χ0n) is 19.6. The Kier molecular flexibility index (Phi) is 7.74. The van der Waals surface area contributed by atoms with Gasteiger partial charge in [0.2, 0.25) is 12.7 Å². The Labute approximate surface area is 209 Å². The third kappa shape index (κ3) is 7.05. The highest BCUT2D eigenvalue weighted by Gasteiger charge is 2.32. The summed E-state index contributed by atoms with van der Waals surface area (Å²) in [7, 11) is 0. The molecule has 0 spiro atoms. The highest BCUT2D eigenvalue weighted by atomic mass is 19.4. The normalized spacial score (nSPS) is 18.7. The van der Waals surface area contributed by atoms with Gasteiger partial charge in [-0.2, -0.15) is 0 Å². The van der Waals surface area contributed by atoms with Gasteiger partial charge in [0.1, 0.15) is 5.75 Å². The molecule has 0 aromatic heterocycles. The number of ether oxygens (including phenoxy) is 3. The zero-order chi connectivity index (χ0) is 26.6. The maximum Gasteiger partial charge on any atom is 0.573 e. The summed E-state index contributed by atoms with van der Waals surface area (Å²) in [6.45, 7) is 0.126. The molecule has 0 bridgehead atoms. The van der Waals surface area contributed by atoms with E-state index in [0.29, 0.717) is 42.7 Å². The summed E-state index contributed by atoms with van der Waals surface area (Å²) >= 11 is 0. The second kappa shape index (κ2) is 11.0. The Morgan fingerprint density at radius 1 is 1.00 bits per heavy atom. The smallest absolute Gasteiger partial charge is 0.481 e. The van der Waals surface area contributed by atoms with Gasteiger partial charge >= 0.3 is 12.3 Å². The molecule has 198 valence electrons. The van der Waals surface area contributed by atoms with Gasteiger partial charge in [-0.25, -0.2) is 0 Å². The van der Waals surface area contributed by atoms with Gasteiger partial charge in [-0.1, -0.05) is 6.07 Å². The van der Waals surface area contributed by atoms with Crippen molar-refractivity contribution in [1.82, 2.24) is 5.32 Å². The number of rotatable bonds is 8. The number of halogens is 3. The molecule has 1 aliphatic carbocycles. The Balaban J connectivity index is 1.44. The van der Waals surface area contributed by atoms with Crippen molar-refractivity contribution in [3.05, 3.63) is 47.5 Å². The number of anilines is 1. The van der Waals surface area contributed by atoms with E-state index in [9.17, 15) is 27.6 Å². The molecule has 12 heteroatoms. The van der Waals surface area contributed by atoms with Crippen LogP contribution < -0.4 is 24.8 Å². The van der Waals surface area contributed by atoms with E-state index in [0.717, 1.165) is 12.1 Å². The van der Waals surface area contributed by atoms with Gasteiger partial charge in [0.05, 0.1) is 17.2 Å². The average Bonchev–Trinajstić information content (AvgIpc) is 3.31. The van der Waals surface area contributed by atoms with E-state index in [1.807, 2.05) is 0 Å². The summed E-state index contributed by atoms with van der Waals surface area (Å²) in [5, 5.41) is 14.4. The number of nitrogens with one attached hydrogen (secondary N) is 2. The second-order valence-electron chi connectivity index (χ2n) is 8.93. The molecule has 1 saturated carbocycles. The van der Waals surface area contributed by atoms with Gasteiger partial charge in [-0.3, -0.25) is 14.4 Å². The molecule has 1 aliphatic heterocycles. The predicted molar refractivity (Wildman–Crippen MR) is 123 cm³/mol. The first kappa shape index (κ1) is 26.1. The molecule has 2 aliphatic rings. The van der Waals surface area contributed by atoms with Crippen LogP contribution in [0.3, 0.4) is 0 Å². The van der Waals surface area contributed by atoms with E-state index in [4.69, 9.17) is 14.6 Å². The monoisotopic (exact) mass is 522 g/mol. The summed E-state index contributed by atoms with van der Waals surface area (Å²) in [6.07, 6.45) is -2.75. The van der Waals surface area contributed by atoms with E-state index >= 15 is 0 Å². The Bertz CT molecular complexity index is 1180. The number of aliphatic carboxylic acids is 1. The topological polar surface area (TPSA) is 123 Å². The Morgan fingerprint density at radius 2 is 1.73 bits per heavy atom. The van der Waals surface area contributed by atoms with Crippen molar-refractivity contribution in [2.45, 2.75) is 45.0 Å². The average molecular weight is 522 g/mol. The lowest BCUT2D eigenvalue weighted by Gasteiger charge is -2.25. The molecular formula is C25H25F3N2O7. The molecule has 0 saturated heterocycles. The van der Waals surface area contributed by atoms with Crippen molar-refractivity contribution >= 4 is 23.5 Å². The van der Waals surface area contributed by atoms with Gasteiger partial charge in [0.15, 0.2) is 11.5 Å². The molecular weight excluding hydrogens is 497 g/mol. The molecule has 2 amide bonds. The zero-order valence-corrected chi connectivity index (χ0v) is 19.6. The Hall–Kier alpha value is -3.96. The predicted octanol–water partition coefficient (Wildman–Crippen LogP) is 4.46. The van der Waals surface area contributed by atoms with Crippen molar-refractivity contribution in [2.24, 2.45) is 11.8 Å². The highest BCUT2D eigenvalue weighted by molar-refractivity contribution is 6.04. The van der Waals surface area contributed by atoms with Crippen LogP contribution in [0.25, 0.3) is 0 Å². The number of benzene rings is 2. The third-order valence-corrected chi connectivity index (χ3v) is 6.30. The number of hydrogen-bond donors (Lipinski definition) is 3. The van der Waals surface area contributed by atoms with Crippen LogP contribution in [0.1, 0.15) is 48.0 Å². The minimum Gasteiger partial charge on any atom is -0.481 e. The van der Waals surface area contributed by atoms with E-state index in [2.05, 4.69) is 15.4 Å². The standard InChI is InChI=1S/C25H25F3N2O7/c26-25(27,28)37-17-6-7-19(30-22(31)10-14-1-4-16(5-2-14)24(33)34)18(11-17)23(32)29-12-15-3-8-20-21(9-15)36-13-35-20/h3,6-9,11,14,16H,1-2,4-5,10,12-13H2,(H,29,32)(H,30,31)(H,33,34). The van der Waals surface area contributed by atoms with Crippen LogP contribution in [0.2, 0.25) is 0 Å². The molecule has 9 nitrogen and oxygen atoms in total. The summed E-state index contributed by atoms with van der Waals surface area (Å²) in [5.74, 6) is -1.96. The molecule has 37 heavy (non-hydrogen) atoms. The number of hydrogen-bond acceptors (Lipinski definition) is 6. The van der Waals surface area contributed by atoms with Crippen molar-refractivity contribution in [3.63, 3.8) is 0 Å². The van der Waals surface area contributed by atoms with Crippen LogP contribution in [0.15, 0.2) is 36.4 Å². The van der Waals surface area contributed by atoms with Crippen LogP contribution in [0.5, 0.6) is 17.2 Å². The number of carboxylic acids is 1. The minimum atomic E-state index is -4.96. The van der Waals surface area contributed by atoms with Crippen molar-refractivity contribution in [1.29, 1.82) is 0 Å². The molecule has 0 unspecified atom stereocenters. The first-order chi connectivity index (χ1) is 17.6. The molecule has 0 atom stereocenters. The van der Waals surface area contributed by atoms with Crippen molar-refractivity contribution < 1.29 is 46.9 Å². The van der Waals surface area contributed by atoms with Gasteiger partial charge in [0, 0.05) is 13.0 Å². The summed E-state index contributed by atoms with van der Waals surface area (Å²) in [5.41, 5.74) is 0.496. The van der Waals surface area contributed by atoms with Gasteiger partial charge < -0.3 is 30.0 Å². The van der Waals surface area contributed by atoms with E-state index in [1.165, 1.54) is 6.07 Å². The fourth-order valence-electron chi connectivity index (χ4n) is 4.42. The quantitative estimate of drug-likeness (QED) is 0.468. The molecule has 4 rings (SSSR count). The molecule has 2 aromatic carbocycles. The molecule has 3 N–H and O–H groups in total. The summed E-state index contributed by atoms with van der Waals surface area (Å²) in [4.78, 5) is 36.8. The van der Waals surface area contributed by atoms with Crippen molar-refractivity contribution in [2.75, 3.05) is 12.1 Å². The SMILES string of the molecule is O=C(CC1CCC(C(=O)O)CC1)Nc1ccc(OC(F)(F)F)cc1C(=O)NCc1ccc2c(c1)OCO2. The molecule has 1 fully saturated rings. The second-order valence-corrected chi connectivity index (χ2v) is 8.93. The minimum absolute atomic E-state index is 0.0216. The summed E-state index contributed by atoms with van der Waals surface area (Å²) < 4.78 is 52.7. The summed E-state index contributed by atoms with van der Waals surface area (Å²) in [6, 6.07) is 8.16. The van der Waals surface area contributed by atoms with E-state index in [-0.39, 0.29) is 36.9 Å². The lowest BCUT2D eigenvalue weighted by molar-refractivity contribution is -0.274. The molecule has 2 aromatic rings. The maximum absolute atomic E-state index is 13.0. The van der Waals surface area contributed by atoms with Gasteiger partial charge in [-0.05, 0) is 67.5 Å². The van der Waals surface area contributed by atoms with Crippen LogP contribution in [-0.4, -0.2) is 36.0 Å². The lowest BCUT2D eigenvalue weighted by Crippen LogP contribution is -2.27. The van der Waals surface area contributed by atoms with Gasteiger partial charge in [-0.15, -0.1) is 13.2 Å². The number of carbonyl (C=O) groups excluding carboxylic acids is 2. The van der Waals surface area contributed by atoms with Crippen LogP contribution >= 0.6 is 0 Å². The lowest BCUT2D eigenvalue weighted by atomic mass is 9.80. The number of carbonyl (C=O) groups is 3. The fraction of sp³-hybridized carbons (Fsp3) is 0.400.